The molecule has 0 amide bonds. The van der Waals surface area contributed by atoms with Crippen molar-refractivity contribution < 1.29 is 4.39 Å². The van der Waals surface area contributed by atoms with Gasteiger partial charge in [0.25, 0.3) is 0 Å². The minimum atomic E-state index is -0.260. The summed E-state index contributed by atoms with van der Waals surface area (Å²) in [5.74, 6) is -0.260. The second-order valence-electron chi connectivity index (χ2n) is 5.62. The minimum Gasteiger partial charge on any atom is -0.354 e. The molecule has 0 fully saturated rings. The highest BCUT2D eigenvalue weighted by Gasteiger charge is 2.07. The molecule has 0 bridgehead atoms. The monoisotopic (exact) mass is 302 g/mol. The number of anilines is 2. The van der Waals surface area contributed by atoms with Crippen molar-refractivity contribution in [3.05, 3.63) is 78.2 Å². The van der Waals surface area contributed by atoms with Crippen LogP contribution in [0.25, 0.3) is 21.7 Å². The van der Waals surface area contributed by atoms with Crippen molar-refractivity contribution >= 4 is 33.1 Å². The summed E-state index contributed by atoms with van der Waals surface area (Å²) < 4.78 is 13.7. The minimum absolute atomic E-state index is 0.260. The highest BCUT2D eigenvalue weighted by molar-refractivity contribution is 5.99. The molecule has 4 aromatic rings. The van der Waals surface area contributed by atoms with Gasteiger partial charge >= 0.3 is 0 Å². The van der Waals surface area contributed by atoms with Crippen molar-refractivity contribution in [1.82, 2.24) is 4.98 Å². The molecule has 0 saturated heterocycles. The molecule has 3 heteroatoms. The maximum atomic E-state index is 13.7. The van der Waals surface area contributed by atoms with Crippen LogP contribution in [0, 0.1) is 12.7 Å². The smallest absolute Gasteiger partial charge is 0.124 e. The summed E-state index contributed by atoms with van der Waals surface area (Å²) in [7, 11) is 0. The third-order valence-corrected chi connectivity index (χ3v) is 3.96. The normalized spacial score (nSPS) is 11.0. The Balaban J connectivity index is 1.91. The maximum Gasteiger partial charge on any atom is 0.124 e. The third-order valence-electron chi connectivity index (χ3n) is 3.96. The summed E-state index contributed by atoms with van der Waals surface area (Å²) in [6, 6.07) is 20.9. The lowest BCUT2D eigenvalue weighted by atomic mass is 10.1. The lowest BCUT2D eigenvalue weighted by Crippen LogP contribution is -1.96. The molecule has 1 heterocycles. The summed E-state index contributed by atoms with van der Waals surface area (Å²) in [6.45, 7) is 1.94. The number of aryl methyl sites for hydroxylation is 1. The SMILES string of the molecule is Cc1cc(Nc2cccc3ccccc23)c2cc(F)ccc2n1. The topological polar surface area (TPSA) is 24.9 Å². The van der Waals surface area contributed by atoms with E-state index >= 15 is 0 Å². The lowest BCUT2D eigenvalue weighted by Gasteiger charge is -2.13. The summed E-state index contributed by atoms with van der Waals surface area (Å²) in [6.07, 6.45) is 0. The van der Waals surface area contributed by atoms with Crippen LogP contribution in [-0.4, -0.2) is 4.98 Å². The molecule has 0 radical (unpaired) electrons. The van der Waals surface area contributed by atoms with Crippen molar-refractivity contribution in [2.45, 2.75) is 6.92 Å². The van der Waals surface area contributed by atoms with Gasteiger partial charge in [-0.2, -0.15) is 0 Å². The molecule has 0 aliphatic rings. The molecule has 1 N–H and O–H groups in total. The molecule has 0 aliphatic carbocycles. The number of hydrogen-bond donors (Lipinski definition) is 1. The fraction of sp³-hybridized carbons (Fsp3) is 0.0500. The number of pyridine rings is 1. The quantitative estimate of drug-likeness (QED) is 0.523. The Bertz CT molecular complexity index is 1020. The van der Waals surface area contributed by atoms with E-state index in [9.17, 15) is 4.39 Å². The fourth-order valence-electron chi connectivity index (χ4n) is 2.91. The molecule has 112 valence electrons. The van der Waals surface area contributed by atoms with Gasteiger partial charge in [-0.1, -0.05) is 36.4 Å². The van der Waals surface area contributed by atoms with Crippen LogP contribution >= 0.6 is 0 Å². The van der Waals surface area contributed by atoms with Gasteiger partial charge in [-0.25, -0.2) is 4.39 Å². The molecule has 2 nitrogen and oxygen atoms in total. The van der Waals surface area contributed by atoms with Crippen molar-refractivity contribution in [2.75, 3.05) is 5.32 Å². The number of nitrogens with one attached hydrogen (secondary N) is 1. The third kappa shape index (κ3) is 2.50. The number of nitrogens with zero attached hydrogens (tertiary/aromatic N) is 1. The number of halogens is 1. The van der Waals surface area contributed by atoms with E-state index < -0.39 is 0 Å². The summed E-state index contributed by atoms with van der Waals surface area (Å²) in [5, 5.41) is 6.53. The Morgan fingerprint density at radius 3 is 2.57 bits per heavy atom. The van der Waals surface area contributed by atoms with Gasteiger partial charge in [-0.05, 0) is 42.6 Å². The first-order valence-corrected chi connectivity index (χ1v) is 7.52. The Kier molecular flexibility index (Phi) is 3.19. The fourth-order valence-corrected chi connectivity index (χ4v) is 2.91. The molecule has 0 atom stereocenters. The van der Waals surface area contributed by atoms with Crippen LogP contribution in [0.1, 0.15) is 5.69 Å². The highest BCUT2D eigenvalue weighted by Crippen LogP contribution is 2.30. The Morgan fingerprint density at radius 2 is 1.65 bits per heavy atom. The van der Waals surface area contributed by atoms with Crippen molar-refractivity contribution in [1.29, 1.82) is 0 Å². The van der Waals surface area contributed by atoms with Gasteiger partial charge < -0.3 is 5.32 Å². The van der Waals surface area contributed by atoms with Crippen molar-refractivity contribution in [3.63, 3.8) is 0 Å². The first-order chi connectivity index (χ1) is 11.2. The van der Waals surface area contributed by atoms with Gasteiger partial charge in [0.2, 0.25) is 0 Å². The molecule has 0 unspecified atom stereocenters. The molecule has 3 aromatic carbocycles. The number of aromatic nitrogens is 1. The average Bonchev–Trinajstić information content (AvgIpc) is 2.56. The first-order valence-electron chi connectivity index (χ1n) is 7.52. The zero-order chi connectivity index (χ0) is 15.8. The van der Waals surface area contributed by atoms with Crippen molar-refractivity contribution in [3.8, 4) is 0 Å². The zero-order valence-electron chi connectivity index (χ0n) is 12.7. The van der Waals surface area contributed by atoms with E-state index in [1.807, 2.05) is 37.3 Å². The predicted octanol–water partition coefficient (Wildman–Crippen LogP) is 5.58. The van der Waals surface area contributed by atoms with Gasteiger partial charge in [0, 0.05) is 27.8 Å². The standard InChI is InChI=1S/C20H15FN2/c1-13-11-20(17-12-15(21)9-10-19(17)22-13)23-18-8-4-6-14-5-2-3-7-16(14)18/h2-12H,1H3,(H,22,23). The number of hydrogen-bond acceptors (Lipinski definition) is 2. The molecule has 23 heavy (non-hydrogen) atoms. The average molecular weight is 302 g/mol. The van der Waals surface area contributed by atoms with Crippen LogP contribution < -0.4 is 5.32 Å². The molecular weight excluding hydrogens is 287 g/mol. The molecule has 0 aliphatic heterocycles. The largest absolute Gasteiger partial charge is 0.354 e. The van der Waals surface area contributed by atoms with E-state index in [0.717, 1.165) is 33.4 Å². The Morgan fingerprint density at radius 1 is 0.826 bits per heavy atom. The Hall–Kier alpha value is -2.94. The second kappa shape index (κ2) is 5.36. The number of rotatable bonds is 2. The van der Waals surface area contributed by atoms with E-state index in [1.165, 1.54) is 17.5 Å². The van der Waals surface area contributed by atoms with Gasteiger partial charge in [0.05, 0.1) is 5.52 Å². The van der Waals surface area contributed by atoms with Crippen LogP contribution in [0.4, 0.5) is 15.8 Å². The summed E-state index contributed by atoms with van der Waals surface area (Å²) in [4.78, 5) is 4.47. The molecule has 4 rings (SSSR count). The molecule has 0 saturated carbocycles. The lowest BCUT2D eigenvalue weighted by molar-refractivity contribution is 0.629. The highest BCUT2D eigenvalue weighted by atomic mass is 19.1. The van der Waals surface area contributed by atoms with Crippen LogP contribution in [0.2, 0.25) is 0 Å². The zero-order valence-corrected chi connectivity index (χ0v) is 12.7. The van der Waals surface area contributed by atoms with Crippen LogP contribution in [0.5, 0.6) is 0 Å². The number of benzene rings is 3. The van der Waals surface area contributed by atoms with Crippen molar-refractivity contribution in [2.24, 2.45) is 0 Å². The summed E-state index contributed by atoms with van der Waals surface area (Å²) >= 11 is 0. The van der Waals surface area contributed by atoms with E-state index in [-0.39, 0.29) is 5.82 Å². The number of fused-ring (bicyclic) bond motifs is 2. The molecular formula is C20H15FN2. The van der Waals surface area contributed by atoms with Crippen LogP contribution in [0.15, 0.2) is 66.7 Å². The predicted molar refractivity (Wildman–Crippen MR) is 93.7 cm³/mol. The van der Waals surface area contributed by atoms with Gasteiger partial charge in [0.15, 0.2) is 0 Å². The second-order valence-corrected chi connectivity index (χ2v) is 5.62. The van der Waals surface area contributed by atoms with Gasteiger partial charge in [0.1, 0.15) is 5.82 Å². The van der Waals surface area contributed by atoms with E-state index in [2.05, 4.69) is 28.5 Å². The summed E-state index contributed by atoms with van der Waals surface area (Å²) in [5.41, 5.74) is 3.54. The van der Waals surface area contributed by atoms with Gasteiger partial charge in [-0.15, -0.1) is 0 Å². The Labute approximate surface area is 133 Å². The molecule has 1 aromatic heterocycles. The molecule has 0 spiro atoms. The first kappa shape index (κ1) is 13.7. The maximum absolute atomic E-state index is 13.7. The van der Waals surface area contributed by atoms with E-state index in [4.69, 9.17) is 0 Å². The van der Waals surface area contributed by atoms with Gasteiger partial charge in [-0.3, -0.25) is 4.98 Å². The van der Waals surface area contributed by atoms with Crippen LogP contribution in [-0.2, 0) is 0 Å². The van der Waals surface area contributed by atoms with Crippen LogP contribution in [0.3, 0.4) is 0 Å². The van der Waals surface area contributed by atoms with E-state index in [1.54, 1.807) is 6.07 Å². The van der Waals surface area contributed by atoms with E-state index in [0.29, 0.717) is 0 Å².